The van der Waals surface area contributed by atoms with Crippen molar-refractivity contribution in [3.05, 3.63) is 42.1 Å². The standard InChI is InChI=1S/C11H6BrCl2IN2/c1-5-9(15)10(14)17-11(16-5)7-3-2-6(12)4-8(7)13/h2-4H,1H3. The van der Waals surface area contributed by atoms with Crippen molar-refractivity contribution in [2.45, 2.75) is 6.92 Å². The Bertz CT molecular complexity index is 567. The lowest BCUT2D eigenvalue weighted by atomic mass is 10.2. The first-order valence-electron chi connectivity index (χ1n) is 4.64. The lowest BCUT2D eigenvalue weighted by Gasteiger charge is -2.06. The number of benzene rings is 1. The molecule has 0 radical (unpaired) electrons. The maximum Gasteiger partial charge on any atom is 0.162 e. The summed E-state index contributed by atoms with van der Waals surface area (Å²) in [4.78, 5) is 8.63. The fourth-order valence-electron chi connectivity index (χ4n) is 1.32. The van der Waals surface area contributed by atoms with Crippen LogP contribution >= 0.6 is 61.7 Å². The van der Waals surface area contributed by atoms with Crippen LogP contribution in [0.25, 0.3) is 11.4 Å². The van der Waals surface area contributed by atoms with Crippen LogP contribution in [0.3, 0.4) is 0 Å². The molecular formula is C11H6BrCl2IN2. The molecule has 0 atom stereocenters. The highest BCUT2D eigenvalue weighted by Gasteiger charge is 2.11. The van der Waals surface area contributed by atoms with Gasteiger partial charge in [0.15, 0.2) is 5.82 Å². The molecule has 88 valence electrons. The third-order valence-corrected chi connectivity index (χ3v) is 4.84. The van der Waals surface area contributed by atoms with Gasteiger partial charge in [0.2, 0.25) is 0 Å². The third kappa shape index (κ3) is 2.92. The first kappa shape index (κ1) is 13.5. The predicted molar refractivity (Wildman–Crippen MR) is 82.6 cm³/mol. The molecule has 0 amide bonds. The molecule has 0 unspecified atom stereocenters. The first-order valence-corrected chi connectivity index (χ1v) is 7.27. The second kappa shape index (κ2) is 5.38. The van der Waals surface area contributed by atoms with Crippen molar-refractivity contribution in [1.29, 1.82) is 0 Å². The van der Waals surface area contributed by atoms with E-state index in [0.717, 1.165) is 19.3 Å². The number of aryl methyl sites for hydroxylation is 1. The molecule has 0 aliphatic heterocycles. The maximum atomic E-state index is 6.15. The van der Waals surface area contributed by atoms with Crippen LogP contribution in [0.4, 0.5) is 0 Å². The highest BCUT2D eigenvalue weighted by molar-refractivity contribution is 14.1. The Morgan fingerprint density at radius 1 is 1.24 bits per heavy atom. The Morgan fingerprint density at radius 2 is 1.94 bits per heavy atom. The van der Waals surface area contributed by atoms with Crippen LogP contribution in [0.2, 0.25) is 10.2 Å². The highest BCUT2D eigenvalue weighted by atomic mass is 127. The maximum absolute atomic E-state index is 6.15. The first-order chi connectivity index (χ1) is 7.99. The normalized spacial score (nSPS) is 10.6. The Hall–Kier alpha value is 0.0900. The summed E-state index contributed by atoms with van der Waals surface area (Å²) in [7, 11) is 0. The van der Waals surface area contributed by atoms with E-state index in [4.69, 9.17) is 23.2 Å². The van der Waals surface area contributed by atoms with Crippen molar-refractivity contribution in [1.82, 2.24) is 9.97 Å². The molecule has 2 aromatic rings. The molecule has 2 nitrogen and oxygen atoms in total. The van der Waals surface area contributed by atoms with Crippen LogP contribution in [-0.4, -0.2) is 9.97 Å². The van der Waals surface area contributed by atoms with E-state index in [1.807, 2.05) is 19.1 Å². The number of rotatable bonds is 1. The van der Waals surface area contributed by atoms with Gasteiger partial charge in [0.1, 0.15) is 5.15 Å². The number of halogens is 4. The lowest BCUT2D eigenvalue weighted by molar-refractivity contribution is 1.09. The molecule has 0 N–H and O–H groups in total. The van der Waals surface area contributed by atoms with E-state index in [9.17, 15) is 0 Å². The zero-order valence-electron chi connectivity index (χ0n) is 8.64. The Kier molecular flexibility index (Phi) is 4.28. The van der Waals surface area contributed by atoms with Crippen LogP contribution in [-0.2, 0) is 0 Å². The Balaban J connectivity index is 2.61. The summed E-state index contributed by atoms with van der Waals surface area (Å²) in [5, 5.41) is 1.04. The van der Waals surface area contributed by atoms with Gasteiger partial charge in [-0.3, -0.25) is 0 Å². The van der Waals surface area contributed by atoms with Crippen LogP contribution < -0.4 is 0 Å². The van der Waals surface area contributed by atoms with Gasteiger partial charge in [-0.1, -0.05) is 39.1 Å². The summed E-state index contributed by atoms with van der Waals surface area (Å²) < 4.78 is 1.78. The van der Waals surface area contributed by atoms with E-state index in [1.54, 1.807) is 6.07 Å². The van der Waals surface area contributed by atoms with Crippen LogP contribution in [0.1, 0.15) is 5.69 Å². The Labute approximate surface area is 131 Å². The van der Waals surface area contributed by atoms with Crippen molar-refractivity contribution in [2.24, 2.45) is 0 Å². The highest BCUT2D eigenvalue weighted by Crippen LogP contribution is 2.30. The minimum absolute atomic E-state index is 0.451. The van der Waals surface area contributed by atoms with Crippen molar-refractivity contribution >= 4 is 61.7 Å². The average molecular weight is 444 g/mol. The third-order valence-electron chi connectivity index (χ3n) is 2.15. The molecule has 1 aromatic heterocycles. The molecular weight excluding hydrogens is 438 g/mol. The van der Waals surface area contributed by atoms with Crippen LogP contribution in [0.5, 0.6) is 0 Å². The number of aromatic nitrogens is 2. The molecule has 0 spiro atoms. The molecule has 0 saturated carbocycles. The quantitative estimate of drug-likeness (QED) is 0.451. The van der Waals surface area contributed by atoms with Crippen LogP contribution in [0.15, 0.2) is 22.7 Å². The molecule has 2 rings (SSSR count). The number of hydrogen-bond donors (Lipinski definition) is 0. The number of hydrogen-bond acceptors (Lipinski definition) is 2. The zero-order chi connectivity index (χ0) is 12.6. The molecule has 6 heteroatoms. The van der Waals surface area contributed by atoms with Gasteiger partial charge in [-0.15, -0.1) is 0 Å². The van der Waals surface area contributed by atoms with Crippen LogP contribution in [0, 0.1) is 10.5 Å². The minimum atomic E-state index is 0.451. The second-order valence-corrected chi connectivity index (χ2v) is 6.12. The summed E-state index contributed by atoms with van der Waals surface area (Å²) >= 11 is 17.7. The van der Waals surface area contributed by atoms with E-state index in [2.05, 4.69) is 48.5 Å². The van der Waals surface area contributed by atoms with Gasteiger partial charge in [0.25, 0.3) is 0 Å². The Morgan fingerprint density at radius 3 is 2.53 bits per heavy atom. The molecule has 0 aliphatic rings. The molecule has 0 aliphatic carbocycles. The zero-order valence-corrected chi connectivity index (χ0v) is 13.9. The van der Waals surface area contributed by atoms with Gasteiger partial charge >= 0.3 is 0 Å². The van der Waals surface area contributed by atoms with Crippen molar-refractivity contribution < 1.29 is 0 Å². The minimum Gasteiger partial charge on any atom is -0.232 e. The summed E-state index contributed by atoms with van der Waals surface area (Å²) in [6.07, 6.45) is 0. The van der Waals surface area contributed by atoms with Gasteiger partial charge in [-0.25, -0.2) is 9.97 Å². The monoisotopic (exact) mass is 442 g/mol. The SMILES string of the molecule is Cc1nc(-c2ccc(Br)cc2Cl)nc(Cl)c1I. The van der Waals surface area contributed by atoms with Gasteiger partial charge in [0.05, 0.1) is 14.3 Å². The smallest absolute Gasteiger partial charge is 0.162 e. The summed E-state index contributed by atoms with van der Waals surface area (Å²) in [5.74, 6) is 0.547. The van der Waals surface area contributed by atoms with Gasteiger partial charge < -0.3 is 0 Å². The van der Waals surface area contributed by atoms with Crippen molar-refractivity contribution in [3.8, 4) is 11.4 Å². The topological polar surface area (TPSA) is 25.8 Å². The average Bonchev–Trinajstić information content (AvgIpc) is 2.25. The molecule has 0 saturated heterocycles. The van der Waals surface area contributed by atoms with Gasteiger partial charge in [0, 0.05) is 10.0 Å². The molecule has 17 heavy (non-hydrogen) atoms. The lowest BCUT2D eigenvalue weighted by Crippen LogP contribution is -1.96. The fourth-order valence-corrected chi connectivity index (χ4v) is 2.53. The summed E-state index contributed by atoms with van der Waals surface area (Å²) in [6.45, 7) is 1.89. The van der Waals surface area contributed by atoms with Crippen molar-refractivity contribution in [3.63, 3.8) is 0 Å². The number of nitrogens with zero attached hydrogens (tertiary/aromatic N) is 2. The molecule has 1 aromatic carbocycles. The summed E-state index contributed by atoms with van der Waals surface area (Å²) in [5.41, 5.74) is 1.62. The van der Waals surface area contributed by atoms with Gasteiger partial charge in [-0.2, -0.15) is 0 Å². The van der Waals surface area contributed by atoms with Gasteiger partial charge in [-0.05, 0) is 47.7 Å². The van der Waals surface area contributed by atoms with E-state index in [1.165, 1.54) is 0 Å². The van der Waals surface area contributed by atoms with E-state index >= 15 is 0 Å². The molecule has 1 heterocycles. The fraction of sp³-hybridized carbons (Fsp3) is 0.0909. The second-order valence-electron chi connectivity index (χ2n) is 3.36. The molecule has 0 bridgehead atoms. The predicted octanol–water partition coefficient (Wildman–Crippen LogP) is 5.13. The largest absolute Gasteiger partial charge is 0.232 e. The van der Waals surface area contributed by atoms with E-state index in [-0.39, 0.29) is 0 Å². The van der Waals surface area contributed by atoms with E-state index < -0.39 is 0 Å². The summed E-state index contributed by atoms with van der Waals surface area (Å²) in [6, 6.07) is 5.57. The van der Waals surface area contributed by atoms with Crippen molar-refractivity contribution in [2.75, 3.05) is 0 Å². The van der Waals surface area contributed by atoms with E-state index in [0.29, 0.717) is 16.0 Å². The molecule has 0 fully saturated rings.